The highest BCUT2D eigenvalue weighted by Crippen LogP contribution is 2.22. The fourth-order valence-electron chi connectivity index (χ4n) is 2.66. The van der Waals surface area contributed by atoms with Crippen LogP contribution in [0.3, 0.4) is 0 Å². The molecule has 24 heavy (non-hydrogen) atoms. The van der Waals surface area contributed by atoms with Crippen LogP contribution in [0.4, 0.5) is 9.18 Å². The van der Waals surface area contributed by atoms with Crippen molar-refractivity contribution in [1.82, 2.24) is 25.0 Å². The third kappa shape index (κ3) is 3.70. The maximum Gasteiger partial charge on any atom is 0.317 e. The number of halogens is 1. The van der Waals surface area contributed by atoms with E-state index in [1.807, 2.05) is 11.5 Å². The molecular formula is C16H20FN5O2. The first-order valence-corrected chi connectivity index (χ1v) is 7.94. The molecule has 1 atom stereocenters. The second kappa shape index (κ2) is 7.39. The number of urea groups is 1. The van der Waals surface area contributed by atoms with Crippen molar-refractivity contribution in [2.45, 2.75) is 26.1 Å². The average molecular weight is 333 g/mol. The summed E-state index contributed by atoms with van der Waals surface area (Å²) in [6.07, 6.45) is 1.39. The second-order valence-electron chi connectivity index (χ2n) is 5.55. The molecule has 1 aromatic carbocycles. The van der Waals surface area contributed by atoms with Gasteiger partial charge in [0.2, 0.25) is 0 Å². The summed E-state index contributed by atoms with van der Waals surface area (Å²) in [6.45, 7) is 4.46. The van der Waals surface area contributed by atoms with Gasteiger partial charge in [-0.1, -0.05) is 12.1 Å². The zero-order valence-electron chi connectivity index (χ0n) is 13.5. The first-order chi connectivity index (χ1) is 11.7. The SMILES string of the molecule is CCn1cnnc1CNC(=O)N1CCO[C@H](c2ccc(F)cc2)C1. The molecule has 128 valence electrons. The van der Waals surface area contributed by atoms with E-state index in [2.05, 4.69) is 15.5 Å². The van der Waals surface area contributed by atoms with Crippen LogP contribution in [0.15, 0.2) is 30.6 Å². The molecule has 7 nitrogen and oxygen atoms in total. The quantitative estimate of drug-likeness (QED) is 0.925. The summed E-state index contributed by atoms with van der Waals surface area (Å²) in [7, 11) is 0. The molecule has 1 N–H and O–H groups in total. The highest BCUT2D eigenvalue weighted by atomic mass is 19.1. The van der Waals surface area contributed by atoms with Crippen LogP contribution < -0.4 is 5.32 Å². The van der Waals surface area contributed by atoms with Crippen LogP contribution in [0.2, 0.25) is 0 Å². The molecule has 2 heterocycles. The van der Waals surface area contributed by atoms with E-state index in [-0.39, 0.29) is 18.0 Å². The first kappa shape index (κ1) is 16.4. The Morgan fingerprint density at radius 1 is 1.42 bits per heavy atom. The van der Waals surface area contributed by atoms with Gasteiger partial charge in [0.05, 0.1) is 19.7 Å². The molecule has 1 aliphatic heterocycles. The average Bonchev–Trinajstić information content (AvgIpc) is 3.08. The zero-order valence-corrected chi connectivity index (χ0v) is 13.5. The standard InChI is InChI=1S/C16H20FN5O2/c1-2-21-11-19-20-15(21)9-18-16(23)22-7-8-24-14(10-22)12-3-5-13(17)6-4-12/h3-6,11,14H,2,7-10H2,1H3,(H,18,23)/t14-/m0/s1. The molecule has 0 saturated carbocycles. The number of hydrogen-bond donors (Lipinski definition) is 1. The van der Waals surface area contributed by atoms with Crippen molar-refractivity contribution in [3.63, 3.8) is 0 Å². The molecule has 8 heteroatoms. The van der Waals surface area contributed by atoms with Crippen LogP contribution in [-0.2, 0) is 17.8 Å². The Kier molecular flexibility index (Phi) is 5.05. The van der Waals surface area contributed by atoms with Crippen molar-refractivity contribution < 1.29 is 13.9 Å². The monoisotopic (exact) mass is 333 g/mol. The van der Waals surface area contributed by atoms with Gasteiger partial charge < -0.3 is 19.5 Å². The van der Waals surface area contributed by atoms with E-state index in [0.29, 0.717) is 32.1 Å². The van der Waals surface area contributed by atoms with E-state index < -0.39 is 0 Å². The number of carbonyl (C=O) groups is 1. The van der Waals surface area contributed by atoms with Gasteiger partial charge in [-0.2, -0.15) is 0 Å². The Morgan fingerprint density at radius 3 is 2.96 bits per heavy atom. The number of aryl methyl sites for hydroxylation is 1. The number of nitrogens with one attached hydrogen (secondary N) is 1. The van der Waals surface area contributed by atoms with Crippen molar-refractivity contribution >= 4 is 6.03 Å². The Labute approximate surface area is 139 Å². The second-order valence-corrected chi connectivity index (χ2v) is 5.55. The number of rotatable bonds is 4. The van der Waals surface area contributed by atoms with E-state index in [9.17, 15) is 9.18 Å². The van der Waals surface area contributed by atoms with E-state index in [1.165, 1.54) is 12.1 Å². The molecule has 2 amide bonds. The Morgan fingerprint density at radius 2 is 2.21 bits per heavy atom. The molecule has 1 aliphatic rings. The lowest BCUT2D eigenvalue weighted by molar-refractivity contribution is -0.0155. The van der Waals surface area contributed by atoms with Gasteiger partial charge in [0.1, 0.15) is 18.2 Å². The third-order valence-electron chi connectivity index (χ3n) is 4.03. The van der Waals surface area contributed by atoms with E-state index in [4.69, 9.17) is 4.74 Å². The van der Waals surface area contributed by atoms with Gasteiger partial charge in [-0.25, -0.2) is 9.18 Å². The van der Waals surface area contributed by atoms with Crippen LogP contribution in [0.25, 0.3) is 0 Å². The van der Waals surface area contributed by atoms with Gasteiger partial charge in [0.25, 0.3) is 0 Å². The van der Waals surface area contributed by atoms with E-state index in [1.54, 1.807) is 23.4 Å². The number of hydrogen-bond acceptors (Lipinski definition) is 4. The van der Waals surface area contributed by atoms with Crippen LogP contribution in [-0.4, -0.2) is 45.4 Å². The summed E-state index contributed by atoms with van der Waals surface area (Å²) in [5.74, 6) is 0.429. The predicted octanol–water partition coefficient (Wildman–Crippen LogP) is 1.72. The first-order valence-electron chi connectivity index (χ1n) is 7.94. The fraction of sp³-hybridized carbons (Fsp3) is 0.438. The van der Waals surface area contributed by atoms with Crippen LogP contribution in [0.5, 0.6) is 0 Å². The summed E-state index contributed by atoms with van der Waals surface area (Å²) >= 11 is 0. The third-order valence-corrected chi connectivity index (χ3v) is 4.03. The number of benzene rings is 1. The number of amides is 2. The minimum Gasteiger partial charge on any atom is -0.370 e. The summed E-state index contributed by atoms with van der Waals surface area (Å²) in [5, 5.41) is 10.7. The molecule has 3 rings (SSSR count). The molecule has 0 unspecified atom stereocenters. The number of carbonyl (C=O) groups excluding carboxylic acids is 1. The molecule has 1 saturated heterocycles. The molecule has 0 bridgehead atoms. The lowest BCUT2D eigenvalue weighted by Gasteiger charge is -2.33. The number of morpholine rings is 1. The summed E-state index contributed by atoms with van der Waals surface area (Å²) in [5.41, 5.74) is 0.861. The van der Waals surface area contributed by atoms with Gasteiger partial charge in [-0.15, -0.1) is 10.2 Å². The molecule has 1 fully saturated rings. The van der Waals surface area contributed by atoms with Crippen molar-refractivity contribution in [2.75, 3.05) is 19.7 Å². The molecule has 0 radical (unpaired) electrons. The lowest BCUT2D eigenvalue weighted by atomic mass is 10.1. The molecule has 0 spiro atoms. The van der Waals surface area contributed by atoms with Crippen LogP contribution in [0, 0.1) is 5.82 Å². The highest BCUT2D eigenvalue weighted by molar-refractivity contribution is 5.74. The minimum atomic E-state index is -0.288. The largest absolute Gasteiger partial charge is 0.370 e. The van der Waals surface area contributed by atoms with Crippen LogP contribution >= 0.6 is 0 Å². The normalized spacial score (nSPS) is 17.8. The van der Waals surface area contributed by atoms with Gasteiger partial charge >= 0.3 is 6.03 Å². The van der Waals surface area contributed by atoms with Gasteiger partial charge in [-0.3, -0.25) is 0 Å². The Balaban J connectivity index is 1.57. The Bertz CT molecular complexity index is 688. The fourth-order valence-corrected chi connectivity index (χ4v) is 2.66. The Hall–Kier alpha value is -2.48. The molecule has 2 aromatic rings. The summed E-state index contributed by atoms with van der Waals surface area (Å²) in [4.78, 5) is 14.1. The van der Waals surface area contributed by atoms with Crippen LogP contribution in [0.1, 0.15) is 24.4 Å². The number of ether oxygens (including phenoxy) is 1. The maximum atomic E-state index is 13.0. The van der Waals surface area contributed by atoms with Gasteiger partial charge in [-0.05, 0) is 24.6 Å². The van der Waals surface area contributed by atoms with Crippen molar-refractivity contribution in [3.8, 4) is 0 Å². The van der Waals surface area contributed by atoms with Gasteiger partial charge in [0, 0.05) is 13.1 Å². The van der Waals surface area contributed by atoms with Gasteiger partial charge in [0.15, 0.2) is 5.82 Å². The maximum absolute atomic E-state index is 13.0. The molecule has 1 aromatic heterocycles. The van der Waals surface area contributed by atoms with Crippen molar-refractivity contribution in [3.05, 3.63) is 47.8 Å². The molecular weight excluding hydrogens is 313 g/mol. The van der Waals surface area contributed by atoms with Crippen molar-refractivity contribution in [2.24, 2.45) is 0 Å². The van der Waals surface area contributed by atoms with Crippen molar-refractivity contribution in [1.29, 1.82) is 0 Å². The topological polar surface area (TPSA) is 72.3 Å². The summed E-state index contributed by atoms with van der Waals surface area (Å²) < 4.78 is 20.6. The molecule has 0 aliphatic carbocycles. The number of aromatic nitrogens is 3. The highest BCUT2D eigenvalue weighted by Gasteiger charge is 2.25. The lowest BCUT2D eigenvalue weighted by Crippen LogP contribution is -2.47. The minimum absolute atomic E-state index is 0.170. The predicted molar refractivity (Wildman–Crippen MR) is 84.6 cm³/mol. The van der Waals surface area contributed by atoms with E-state index in [0.717, 1.165) is 12.1 Å². The zero-order chi connectivity index (χ0) is 16.9. The smallest absolute Gasteiger partial charge is 0.317 e. The van der Waals surface area contributed by atoms with E-state index >= 15 is 0 Å². The number of nitrogens with zero attached hydrogens (tertiary/aromatic N) is 4. The summed E-state index contributed by atoms with van der Waals surface area (Å²) in [6, 6.07) is 6.00.